The van der Waals surface area contributed by atoms with Gasteiger partial charge in [0.2, 0.25) is 5.76 Å². The van der Waals surface area contributed by atoms with E-state index in [1.54, 1.807) is 12.1 Å². The van der Waals surface area contributed by atoms with Crippen LogP contribution in [0.25, 0.3) is 0 Å². The minimum atomic E-state index is -0.958. The number of halogens is 1. The molecule has 1 amide bonds. The fourth-order valence-electron chi connectivity index (χ4n) is 1.69. The van der Waals surface area contributed by atoms with Crippen LogP contribution >= 0.6 is 15.9 Å². The second kappa shape index (κ2) is 7.05. The second-order valence-corrected chi connectivity index (χ2v) is 5.39. The smallest absolute Gasteiger partial charge is 0.433 e. The Kier molecular flexibility index (Phi) is 5.12. The summed E-state index contributed by atoms with van der Waals surface area (Å²) in [5.74, 6) is -2.41. The number of aryl methyl sites for hydroxylation is 1. The highest BCUT2D eigenvalue weighted by molar-refractivity contribution is 9.10. The number of nitro groups is 1. The lowest BCUT2D eigenvalue weighted by atomic mass is 10.2. The van der Waals surface area contributed by atoms with Gasteiger partial charge in [0, 0.05) is 10.2 Å². The average molecular weight is 383 g/mol. The first kappa shape index (κ1) is 16.7. The van der Waals surface area contributed by atoms with Crippen molar-refractivity contribution in [2.75, 3.05) is 11.9 Å². The van der Waals surface area contributed by atoms with Crippen LogP contribution in [0.2, 0.25) is 0 Å². The topological polar surface area (TPSA) is 112 Å². The second-order valence-electron chi connectivity index (χ2n) is 4.48. The van der Waals surface area contributed by atoms with Gasteiger partial charge >= 0.3 is 11.9 Å². The number of ether oxygens (including phenoxy) is 1. The summed E-state index contributed by atoms with van der Waals surface area (Å²) >= 11 is 3.31. The number of carbonyl (C=O) groups is 2. The maximum Gasteiger partial charge on any atom is 0.433 e. The lowest BCUT2D eigenvalue weighted by Crippen LogP contribution is -2.21. The van der Waals surface area contributed by atoms with Crippen molar-refractivity contribution in [2.24, 2.45) is 0 Å². The Morgan fingerprint density at radius 1 is 1.35 bits per heavy atom. The highest BCUT2D eigenvalue weighted by Gasteiger charge is 2.19. The van der Waals surface area contributed by atoms with Gasteiger partial charge in [-0.25, -0.2) is 4.79 Å². The number of hydrogen-bond donors (Lipinski definition) is 1. The molecule has 0 aliphatic heterocycles. The van der Waals surface area contributed by atoms with Crippen LogP contribution in [-0.4, -0.2) is 23.4 Å². The lowest BCUT2D eigenvalue weighted by Gasteiger charge is -2.08. The lowest BCUT2D eigenvalue weighted by molar-refractivity contribution is -0.402. The summed E-state index contributed by atoms with van der Waals surface area (Å²) in [7, 11) is 0. The Labute approximate surface area is 138 Å². The fourth-order valence-corrected chi connectivity index (χ4v) is 2.17. The number of hydrogen-bond acceptors (Lipinski definition) is 6. The maximum absolute atomic E-state index is 11.8. The van der Waals surface area contributed by atoms with E-state index in [1.807, 2.05) is 13.0 Å². The quantitative estimate of drug-likeness (QED) is 0.483. The zero-order valence-electron chi connectivity index (χ0n) is 11.9. The molecule has 8 nitrogen and oxygen atoms in total. The first-order chi connectivity index (χ1) is 10.9. The van der Waals surface area contributed by atoms with E-state index in [0.29, 0.717) is 5.69 Å². The standard InChI is InChI=1S/C14H11BrN2O6/c1-8-6-9(15)2-3-10(8)16-12(18)7-22-14(19)11-4-5-13(23-11)17(20)21/h2-6H,7H2,1H3,(H,16,18). The van der Waals surface area contributed by atoms with Gasteiger partial charge in [-0.15, -0.1) is 0 Å². The predicted octanol–water partition coefficient (Wildman–Crippen LogP) is 3.05. The van der Waals surface area contributed by atoms with Gasteiger partial charge in [-0.3, -0.25) is 14.9 Å². The number of nitrogens with zero attached hydrogens (tertiary/aromatic N) is 1. The number of anilines is 1. The molecule has 1 heterocycles. The Morgan fingerprint density at radius 3 is 2.70 bits per heavy atom. The van der Waals surface area contributed by atoms with Crippen LogP contribution in [-0.2, 0) is 9.53 Å². The molecule has 0 aliphatic rings. The van der Waals surface area contributed by atoms with E-state index >= 15 is 0 Å². The van der Waals surface area contributed by atoms with Crippen molar-refractivity contribution in [2.45, 2.75) is 6.92 Å². The van der Waals surface area contributed by atoms with Crippen molar-refractivity contribution in [3.63, 3.8) is 0 Å². The molecule has 1 N–H and O–H groups in total. The Bertz CT molecular complexity index is 770. The number of amides is 1. The summed E-state index contributed by atoms with van der Waals surface area (Å²) in [6.45, 7) is 1.27. The van der Waals surface area contributed by atoms with Gasteiger partial charge in [-0.1, -0.05) is 15.9 Å². The molecule has 2 aromatic rings. The van der Waals surface area contributed by atoms with Crippen LogP contribution < -0.4 is 5.32 Å². The molecule has 0 radical (unpaired) electrons. The number of esters is 1. The summed E-state index contributed by atoms with van der Waals surface area (Å²) in [5, 5.41) is 13.0. The van der Waals surface area contributed by atoms with E-state index in [1.165, 1.54) is 0 Å². The van der Waals surface area contributed by atoms with Gasteiger partial charge in [0.15, 0.2) is 6.61 Å². The van der Waals surface area contributed by atoms with Crippen molar-refractivity contribution in [3.05, 3.63) is 56.2 Å². The van der Waals surface area contributed by atoms with E-state index < -0.39 is 29.3 Å². The van der Waals surface area contributed by atoms with Crippen molar-refractivity contribution in [1.29, 1.82) is 0 Å². The molecule has 2 rings (SSSR count). The molecular weight excluding hydrogens is 372 g/mol. The van der Waals surface area contributed by atoms with Crippen LogP contribution in [0.3, 0.4) is 0 Å². The van der Waals surface area contributed by atoms with Crippen LogP contribution in [0.15, 0.2) is 39.2 Å². The SMILES string of the molecule is Cc1cc(Br)ccc1NC(=O)COC(=O)c1ccc([N+](=O)[O-])o1. The molecule has 0 spiro atoms. The average Bonchev–Trinajstić information content (AvgIpc) is 2.98. The zero-order chi connectivity index (χ0) is 17.0. The molecule has 0 bridgehead atoms. The summed E-state index contributed by atoms with van der Waals surface area (Å²) in [6, 6.07) is 7.42. The predicted molar refractivity (Wildman–Crippen MR) is 83.2 cm³/mol. The first-order valence-corrected chi connectivity index (χ1v) is 7.13. The van der Waals surface area contributed by atoms with Crippen molar-refractivity contribution < 1.29 is 23.7 Å². The Balaban J connectivity index is 1.90. The summed E-state index contributed by atoms with van der Waals surface area (Å²) in [4.78, 5) is 33.1. The number of benzene rings is 1. The minimum Gasteiger partial charge on any atom is -0.450 e. The maximum atomic E-state index is 11.8. The van der Waals surface area contributed by atoms with E-state index in [2.05, 4.69) is 25.7 Å². The minimum absolute atomic E-state index is 0.343. The molecule has 0 saturated carbocycles. The van der Waals surface area contributed by atoms with Crippen molar-refractivity contribution in [3.8, 4) is 0 Å². The highest BCUT2D eigenvalue weighted by atomic mass is 79.9. The van der Waals surface area contributed by atoms with Crippen LogP contribution in [0, 0.1) is 17.0 Å². The van der Waals surface area contributed by atoms with Gasteiger partial charge in [0.25, 0.3) is 5.91 Å². The molecule has 120 valence electrons. The number of carbonyl (C=O) groups excluding carboxylic acids is 2. The largest absolute Gasteiger partial charge is 0.450 e. The molecule has 0 saturated heterocycles. The molecule has 0 unspecified atom stereocenters. The zero-order valence-corrected chi connectivity index (χ0v) is 13.5. The molecular formula is C14H11BrN2O6. The molecule has 0 aliphatic carbocycles. The molecule has 0 atom stereocenters. The highest BCUT2D eigenvalue weighted by Crippen LogP contribution is 2.20. The number of nitrogens with one attached hydrogen (secondary N) is 1. The van der Waals surface area contributed by atoms with Crippen LogP contribution in [0.1, 0.15) is 16.1 Å². The molecule has 1 aromatic carbocycles. The third-order valence-corrected chi connectivity index (χ3v) is 3.26. The summed E-state index contributed by atoms with van der Waals surface area (Å²) in [5.41, 5.74) is 1.42. The molecule has 9 heteroatoms. The fraction of sp³-hybridized carbons (Fsp3) is 0.143. The van der Waals surface area contributed by atoms with Crippen molar-refractivity contribution >= 4 is 39.4 Å². The first-order valence-electron chi connectivity index (χ1n) is 6.34. The van der Waals surface area contributed by atoms with Gasteiger partial charge in [-0.2, -0.15) is 0 Å². The summed E-state index contributed by atoms with van der Waals surface area (Å²) in [6.07, 6.45) is 0. The van der Waals surface area contributed by atoms with Gasteiger partial charge < -0.3 is 14.5 Å². The molecule has 23 heavy (non-hydrogen) atoms. The normalized spacial score (nSPS) is 10.2. The molecule has 1 aromatic heterocycles. The van der Waals surface area contributed by atoms with Gasteiger partial charge in [-0.05, 0) is 36.8 Å². The van der Waals surface area contributed by atoms with E-state index in [4.69, 9.17) is 4.74 Å². The Morgan fingerprint density at radius 2 is 2.09 bits per heavy atom. The molecule has 0 fully saturated rings. The van der Waals surface area contributed by atoms with Gasteiger partial charge in [0.1, 0.15) is 4.92 Å². The number of rotatable bonds is 5. The van der Waals surface area contributed by atoms with E-state index in [-0.39, 0.29) is 5.76 Å². The van der Waals surface area contributed by atoms with E-state index in [0.717, 1.165) is 22.2 Å². The monoisotopic (exact) mass is 382 g/mol. The Hall–Kier alpha value is -2.68. The van der Waals surface area contributed by atoms with Crippen molar-refractivity contribution in [1.82, 2.24) is 0 Å². The third-order valence-electron chi connectivity index (χ3n) is 2.77. The summed E-state index contributed by atoms with van der Waals surface area (Å²) < 4.78 is 10.3. The third kappa shape index (κ3) is 4.39. The van der Waals surface area contributed by atoms with E-state index in [9.17, 15) is 19.7 Å². The van der Waals surface area contributed by atoms with Gasteiger partial charge in [0.05, 0.1) is 6.07 Å². The van der Waals surface area contributed by atoms with Crippen LogP contribution in [0.5, 0.6) is 0 Å². The number of furan rings is 1. The van der Waals surface area contributed by atoms with Crippen LogP contribution in [0.4, 0.5) is 11.6 Å².